The van der Waals surface area contributed by atoms with E-state index in [9.17, 15) is 9.59 Å². The molecule has 0 N–H and O–H groups in total. The summed E-state index contributed by atoms with van der Waals surface area (Å²) < 4.78 is 10.8. The van der Waals surface area contributed by atoms with E-state index in [1.165, 1.54) is 24.2 Å². The second-order valence-corrected chi connectivity index (χ2v) is 5.91. The average Bonchev–Trinajstić information content (AvgIpc) is 3.15. The summed E-state index contributed by atoms with van der Waals surface area (Å²) in [7, 11) is 1.66. The first-order chi connectivity index (χ1) is 13.0. The van der Waals surface area contributed by atoms with Crippen molar-refractivity contribution < 1.29 is 18.8 Å². The molecule has 0 spiro atoms. The molecule has 0 radical (unpaired) electrons. The fourth-order valence-electron chi connectivity index (χ4n) is 2.36. The minimum atomic E-state index is -0.290. The third kappa shape index (κ3) is 4.75. The molecule has 2 aromatic heterocycles. The van der Waals surface area contributed by atoms with Gasteiger partial charge < -0.3 is 14.2 Å². The Hall–Kier alpha value is -3.55. The van der Waals surface area contributed by atoms with Crippen LogP contribution < -0.4 is 4.74 Å². The van der Waals surface area contributed by atoms with Crippen LogP contribution in [0.25, 0.3) is 0 Å². The second kappa shape index (κ2) is 8.22. The minimum absolute atomic E-state index is 0.0419. The molecule has 27 heavy (non-hydrogen) atoms. The zero-order chi connectivity index (χ0) is 19.2. The van der Waals surface area contributed by atoms with E-state index >= 15 is 0 Å². The van der Waals surface area contributed by atoms with Gasteiger partial charge in [0.25, 0.3) is 5.91 Å². The van der Waals surface area contributed by atoms with Crippen molar-refractivity contribution in [3.8, 4) is 5.75 Å². The largest absolute Gasteiger partial charge is 0.486 e. The summed E-state index contributed by atoms with van der Waals surface area (Å²) in [6.45, 7) is 1.92. The monoisotopic (exact) mass is 366 g/mol. The van der Waals surface area contributed by atoms with Crippen LogP contribution in [-0.2, 0) is 13.2 Å². The Morgan fingerprint density at radius 2 is 2.07 bits per heavy atom. The fourth-order valence-corrected chi connectivity index (χ4v) is 2.36. The normalized spacial score (nSPS) is 10.4. The van der Waals surface area contributed by atoms with Gasteiger partial charge in [0, 0.05) is 24.9 Å². The van der Waals surface area contributed by atoms with E-state index in [-0.39, 0.29) is 24.0 Å². The van der Waals surface area contributed by atoms with E-state index in [0.717, 1.165) is 5.69 Å². The zero-order valence-electron chi connectivity index (χ0n) is 15.0. The predicted molar refractivity (Wildman–Crippen MR) is 95.1 cm³/mol. The first kappa shape index (κ1) is 18.2. The number of nitrogens with zero attached hydrogens (tertiary/aromatic N) is 4. The molecular formula is C19H18N4O4. The van der Waals surface area contributed by atoms with Crippen LogP contribution in [0.4, 0.5) is 0 Å². The molecule has 0 aliphatic carbocycles. The molecule has 0 saturated heterocycles. The minimum Gasteiger partial charge on any atom is -0.486 e. The molecule has 138 valence electrons. The quantitative estimate of drug-likeness (QED) is 0.593. The maximum Gasteiger partial charge on any atom is 0.276 e. The number of ketones is 1. The maximum absolute atomic E-state index is 12.4. The average molecular weight is 366 g/mol. The number of ether oxygens (including phenoxy) is 1. The van der Waals surface area contributed by atoms with Crippen molar-refractivity contribution in [1.29, 1.82) is 0 Å². The third-order valence-electron chi connectivity index (χ3n) is 3.79. The van der Waals surface area contributed by atoms with Gasteiger partial charge in [-0.25, -0.2) is 9.97 Å². The van der Waals surface area contributed by atoms with Gasteiger partial charge in [-0.05, 0) is 25.1 Å². The standard InChI is InChI=1S/C19H18N4O4/c1-13(24)14-4-3-5-16(8-14)26-11-17-9-18(22-27-17)19(25)23(2)10-15-6-7-20-12-21-15/h3-9,12H,10-11H2,1-2H3. The number of amides is 1. The van der Waals surface area contributed by atoms with E-state index in [1.54, 1.807) is 43.6 Å². The number of Topliss-reactive ketones (excluding diaryl/α,β-unsaturated/α-hetero) is 1. The van der Waals surface area contributed by atoms with E-state index in [2.05, 4.69) is 15.1 Å². The van der Waals surface area contributed by atoms with E-state index < -0.39 is 0 Å². The van der Waals surface area contributed by atoms with Crippen LogP contribution in [0, 0.1) is 0 Å². The molecule has 8 nitrogen and oxygen atoms in total. The van der Waals surface area contributed by atoms with Gasteiger partial charge in [-0.1, -0.05) is 17.3 Å². The first-order valence-corrected chi connectivity index (χ1v) is 8.22. The van der Waals surface area contributed by atoms with Crippen LogP contribution in [-0.4, -0.2) is 38.8 Å². The van der Waals surface area contributed by atoms with Crippen LogP contribution in [0.1, 0.15) is 39.2 Å². The highest BCUT2D eigenvalue weighted by Gasteiger charge is 2.18. The van der Waals surface area contributed by atoms with Crippen LogP contribution >= 0.6 is 0 Å². The lowest BCUT2D eigenvalue weighted by molar-refractivity contribution is 0.0772. The highest BCUT2D eigenvalue weighted by molar-refractivity contribution is 5.94. The van der Waals surface area contributed by atoms with Crippen LogP contribution in [0.3, 0.4) is 0 Å². The lowest BCUT2D eigenvalue weighted by Crippen LogP contribution is -2.26. The Labute approximate surface area is 155 Å². The van der Waals surface area contributed by atoms with E-state index in [0.29, 0.717) is 23.6 Å². The topological polar surface area (TPSA) is 98.4 Å². The van der Waals surface area contributed by atoms with E-state index in [1.807, 2.05) is 0 Å². The number of aromatic nitrogens is 3. The van der Waals surface area contributed by atoms with Crippen LogP contribution in [0.15, 0.2) is 53.4 Å². The number of carbonyl (C=O) groups excluding carboxylic acids is 2. The Balaban J connectivity index is 1.60. The van der Waals surface area contributed by atoms with Gasteiger partial charge in [0.05, 0.1) is 12.2 Å². The molecule has 0 aliphatic rings. The Morgan fingerprint density at radius 3 is 2.81 bits per heavy atom. The highest BCUT2D eigenvalue weighted by atomic mass is 16.5. The molecule has 0 atom stereocenters. The molecule has 0 aliphatic heterocycles. The van der Waals surface area contributed by atoms with Crippen molar-refractivity contribution in [3.05, 3.63) is 71.6 Å². The van der Waals surface area contributed by atoms with E-state index in [4.69, 9.17) is 9.26 Å². The number of rotatable bonds is 7. The van der Waals surface area contributed by atoms with Gasteiger partial charge in [0.15, 0.2) is 17.2 Å². The highest BCUT2D eigenvalue weighted by Crippen LogP contribution is 2.16. The molecule has 2 heterocycles. The van der Waals surface area contributed by atoms with Crippen molar-refractivity contribution in [2.75, 3.05) is 7.05 Å². The Kier molecular flexibility index (Phi) is 5.55. The maximum atomic E-state index is 12.4. The van der Waals surface area contributed by atoms with Crippen LogP contribution in [0.5, 0.6) is 5.75 Å². The van der Waals surface area contributed by atoms with Gasteiger partial charge in [-0.15, -0.1) is 0 Å². The summed E-state index contributed by atoms with van der Waals surface area (Å²) in [5.74, 6) is 0.608. The smallest absolute Gasteiger partial charge is 0.276 e. The van der Waals surface area contributed by atoms with Crippen molar-refractivity contribution in [1.82, 2.24) is 20.0 Å². The van der Waals surface area contributed by atoms with Crippen molar-refractivity contribution >= 4 is 11.7 Å². The lowest BCUT2D eigenvalue weighted by atomic mass is 10.1. The predicted octanol–water partition coefficient (Wildman–Crippen LogP) is 2.52. The van der Waals surface area contributed by atoms with Gasteiger partial charge in [0.1, 0.15) is 18.7 Å². The van der Waals surface area contributed by atoms with Gasteiger partial charge >= 0.3 is 0 Å². The number of hydrogen-bond donors (Lipinski definition) is 0. The Morgan fingerprint density at radius 1 is 1.22 bits per heavy atom. The van der Waals surface area contributed by atoms with Crippen molar-refractivity contribution in [3.63, 3.8) is 0 Å². The summed E-state index contributed by atoms with van der Waals surface area (Å²) >= 11 is 0. The summed E-state index contributed by atoms with van der Waals surface area (Å²) in [6.07, 6.45) is 3.05. The summed E-state index contributed by atoms with van der Waals surface area (Å²) in [5, 5.41) is 3.80. The number of carbonyl (C=O) groups is 2. The Bertz CT molecular complexity index is 940. The molecule has 1 amide bonds. The number of benzene rings is 1. The number of hydrogen-bond acceptors (Lipinski definition) is 7. The molecular weight excluding hydrogens is 348 g/mol. The second-order valence-electron chi connectivity index (χ2n) is 5.91. The first-order valence-electron chi connectivity index (χ1n) is 8.22. The lowest BCUT2D eigenvalue weighted by Gasteiger charge is -2.14. The third-order valence-corrected chi connectivity index (χ3v) is 3.79. The molecule has 3 aromatic rings. The van der Waals surface area contributed by atoms with Gasteiger partial charge in [-0.3, -0.25) is 9.59 Å². The zero-order valence-corrected chi connectivity index (χ0v) is 15.0. The molecule has 0 bridgehead atoms. The molecule has 0 unspecified atom stereocenters. The fraction of sp³-hybridized carbons (Fsp3) is 0.211. The van der Waals surface area contributed by atoms with Crippen LogP contribution in [0.2, 0.25) is 0 Å². The molecule has 8 heteroatoms. The summed E-state index contributed by atoms with van der Waals surface area (Å²) in [5.41, 5.74) is 1.47. The molecule has 3 rings (SSSR count). The molecule has 0 saturated carbocycles. The summed E-state index contributed by atoms with van der Waals surface area (Å²) in [4.78, 5) is 33.3. The summed E-state index contributed by atoms with van der Waals surface area (Å²) in [6, 6.07) is 10.1. The van der Waals surface area contributed by atoms with Gasteiger partial charge in [-0.2, -0.15) is 0 Å². The molecule has 0 fully saturated rings. The van der Waals surface area contributed by atoms with Crippen molar-refractivity contribution in [2.45, 2.75) is 20.1 Å². The van der Waals surface area contributed by atoms with Crippen molar-refractivity contribution in [2.24, 2.45) is 0 Å². The molecule has 1 aromatic carbocycles. The van der Waals surface area contributed by atoms with Gasteiger partial charge in [0.2, 0.25) is 0 Å². The SMILES string of the molecule is CC(=O)c1cccc(OCc2cc(C(=O)N(C)Cc3ccncn3)no2)c1.